The number of primary amides is 1. The number of hydrogen-bond donors (Lipinski definition) is 6. The van der Waals surface area contributed by atoms with Gasteiger partial charge in [-0.3, -0.25) is 9.59 Å². The molecule has 256 valence electrons. The summed E-state index contributed by atoms with van der Waals surface area (Å²) in [7, 11) is 0. The van der Waals surface area contributed by atoms with E-state index in [2.05, 4.69) is 0 Å². The number of ketones is 1. The fraction of sp³-hybridized carbons (Fsp3) is 0.515. The van der Waals surface area contributed by atoms with E-state index in [4.69, 9.17) is 31.9 Å². The number of carboxylic acid groups (broad SMARTS) is 1. The number of rotatable bonds is 18. The molecule has 0 aliphatic heterocycles. The second kappa shape index (κ2) is 21.3. The Kier molecular flexibility index (Phi) is 18.7. The summed E-state index contributed by atoms with van der Waals surface area (Å²) in [5.74, 6) is -3.89. The van der Waals surface area contributed by atoms with Gasteiger partial charge >= 0.3 is 18.0 Å². The van der Waals surface area contributed by atoms with Crippen molar-refractivity contribution in [2.75, 3.05) is 0 Å². The van der Waals surface area contributed by atoms with Crippen molar-refractivity contribution in [2.45, 2.75) is 95.9 Å². The average Bonchev–Trinajstić information content (AvgIpc) is 2.99. The van der Waals surface area contributed by atoms with Crippen LogP contribution in [0, 0.1) is 11.8 Å². The Morgan fingerprint density at radius 2 is 1.67 bits per heavy atom. The molecule has 1 fully saturated rings. The van der Waals surface area contributed by atoms with Crippen molar-refractivity contribution < 1.29 is 54.2 Å². The third-order valence-corrected chi connectivity index (χ3v) is 7.67. The highest BCUT2D eigenvalue weighted by Gasteiger charge is 2.35. The Balaban J connectivity index is 2.59. The lowest BCUT2D eigenvalue weighted by Crippen LogP contribution is -2.40. The van der Waals surface area contributed by atoms with Crippen LogP contribution < -0.4 is 5.73 Å². The fourth-order valence-corrected chi connectivity index (χ4v) is 4.71. The molecule has 0 aromatic rings. The Bertz CT molecular complexity index is 1210. The van der Waals surface area contributed by atoms with Crippen LogP contribution in [0.3, 0.4) is 0 Å². The molecule has 1 aliphatic rings. The number of esters is 1. The normalized spacial score (nSPS) is 23.0. The number of aliphatic carboxylic acids is 1. The molecule has 0 bridgehead atoms. The molecule has 0 aromatic carbocycles. The van der Waals surface area contributed by atoms with Gasteiger partial charge in [-0.05, 0) is 44.8 Å². The summed E-state index contributed by atoms with van der Waals surface area (Å²) in [5.41, 5.74) is 5.85. The van der Waals surface area contributed by atoms with E-state index < -0.39 is 78.7 Å². The second-order valence-electron chi connectivity index (χ2n) is 11.1. The number of aliphatic hydroxyl groups excluding tert-OH is 4. The molecule has 13 heteroatoms. The molecule has 0 heterocycles. The number of ether oxygens (including phenoxy) is 2. The predicted octanol–water partition coefficient (Wildman–Crippen LogP) is 3.38. The summed E-state index contributed by atoms with van der Waals surface area (Å²) in [4.78, 5) is 46.6. The summed E-state index contributed by atoms with van der Waals surface area (Å²) >= 11 is 6.27. The van der Waals surface area contributed by atoms with E-state index in [1.165, 1.54) is 25.2 Å². The smallest absolute Gasteiger partial charge is 0.405 e. The molecule has 46 heavy (non-hydrogen) atoms. The van der Waals surface area contributed by atoms with Crippen LogP contribution >= 0.6 is 11.6 Å². The van der Waals surface area contributed by atoms with E-state index in [-0.39, 0.29) is 24.3 Å². The Labute approximate surface area is 274 Å². The minimum absolute atomic E-state index is 0.0389. The summed E-state index contributed by atoms with van der Waals surface area (Å²) < 4.78 is 10.1. The summed E-state index contributed by atoms with van der Waals surface area (Å²) in [6, 6.07) is 0. The molecular formula is C33H46ClNO11. The molecule has 0 saturated heterocycles. The van der Waals surface area contributed by atoms with Gasteiger partial charge in [0.25, 0.3) is 0 Å². The number of halogens is 1. The zero-order valence-corrected chi connectivity index (χ0v) is 27.0. The van der Waals surface area contributed by atoms with Crippen molar-refractivity contribution in [3.05, 3.63) is 71.4 Å². The lowest BCUT2D eigenvalue weighted by Gasteiger charge is -2.30. The average molecular weight is 668 g/mol. The van der Waals surface area contributed by atoms with E-state index in [0.717, 1.165) is 5.57 Å². The molecule has 0 aromatic heterocycles. The van der Waals surface area contributed by atoms with Gasteiger partial charge in [0.1, 0.15) is 18.3 Å². The monoisotopic (exact) mass is 667 g/mol. The van der Waals surface area contributed by atoms with Gasteiger partial charge in [0.05, 0.1) is 24.2 Å². The summed E-state index contributed by atoms with van der Waals surface area (Å²) in [6.45, 7) is 5.20. The van der Waals surface area contributed by atoms with Crippen LogP contribution in [0.15, 0.2) is 71.4 Å². The maximum absolute atomic E-state index is 12.5. The number of Topliss-reactive ketones (excluding diaryl/α,β-unsaturated/α-hetero) is 1. The molecule has 0 radical (unpaired) electrons. The summed E-state index contributed by atoms with van der Waals surface area (Å²) in [5, 5.41) is 50.4. The minimum atomic E-state index is -1.81. The number of carboxylic acids is 1. The molecular weight excluding hydrogens is 622 g/mol. The van der Waals surface area contributed by atoms with Gasteiger partial charge < -0.3 is 40.7 Å². The van der Waals surface area contributed by atoms with E-state index in [0.29, 0.717) is 12.8 Å². The largest absolute Gasteiger partial charge is 0.481 e. The highest BCUT2D eigenvalue weighted by Crippen LogP contribution is 2.27. The van der Waals surface area contributed by atoms with Gasteiger partial charge in [-0.2, -0.15) is 0 Å². The Morgan fingerprint density at radius 1 is 1.02 bits per heavy atom. The summed E-state index contributed by atoms with van der Waals surface area (Å²) in [6.07, 6.45) is 8.18. The lowest BCUT2D eigenvalue weighted by atomic mass is 9.85. The highest BCUT2D eigenvalue weighted by atomic mass is 35.5. The van der Waals surface area contributed by atoms with Crippen molar-refractivity contribution in [2.24, 2.45) is 17.6 Å². The number of aliphatic hydroxyl groups is 4. The first kappa shape index (κ1) is 40.5. The second-order valence-corrected chi connectivity index (χ2v) is 11.5. The van der Waals surface area contributed by atoms with Gasteiger partial charge in [0, 0.05) is 29.9 Å². The maximum atomic E-state index is 12.5. The highest BCUT2D eigenvalue weighted by molar-refractivity contribution is 6.30. The standard InChI is InChI=1S/C33H46ClNO11/c1-4-5-12-24(45-33(35)44)18-23(36)19-27(38)31(41)30(40)21(3)25(34)13-8-6-10-20(2)11-7-9-14-29(39)46-28-16-15-22(32(42)43)17-26(28)37/h5-14,21-24,26,28,30-31,36-37,40-41H,4,15-19H2,1-3H3,(H2,35,44)(H,42,43)/b8-6+,11-7+,12-5+,14-9+,20-10+,25-13-/t21?,22-,23?,24?,26+,28-,30?,31?/m1/s1. The zero-order valence-electron chi connectivity index (χ0n) is 26.3. The predicted molar refractivity (Wildman–Crippen MR) is 171 cm³/mol. The topological polar surface area (TPSA) is 214 Å². The molecule has 1 aliphatic carbocycles. The third kappa shape index (κ3) is 15.6. The molecule has 5 unspecified atom stereocenters. The van der Waals surface area contributed by atoms with Crippen LogP contribution in [0.5, 0.6) is 0 Å². The van der Waals surface area contributed by atoms with Crippen molar-refractivity contribution in [3.8, 4) is 0 Å². The minimum Gasteiger partial charge on any atom is -0.481 e. The number of carbonyl (C=O) groups excluding carboxylic acids is 3. The zero-order chi connectivity index (χ0) is 34.8. The lowest BCUT2D eigenvalue weighted by molar-refractivity contribution is -0.157. The van der Waals surface area contributed by atoms with Gasteiger partial charge in [-0.1, -0.05) is 73.6 Å². The Hall–Kier alpha value is -3.55. The van der Waals surface area contributed by atoms with Gasteiger partial charge in [-0.15, -0.1) is 0 Å². The number of allylic oxidation sites excluding steroid dienone is 9. The molecule has 7 N–H and O–H groups in total. The van der Waals surface area contributed by atoms with Crippen molar-refractivity contribution >= 4 is 35.4 Å². The SMILES string of the molecule is CC/C=C/C(CC(O)CC(=O)C(O)C(O)C(C)/C(Cl)=C/C=C/C=C(C)/C=C/C=C/C(=O)O[C@@H]1CC[C@@H](C(=O)O)C[C@@H]1O)OC(N)=O. The molecule has 1 saturated carbocycles. The number of amides is 1. The number of nitrogens with two attached hydrogens (primary N) is 1. The maximum Gasteiger partial charge on any atom is 0.405 e. The van der Waals surface area contributed by atoms with Crippen molar-refractivity contribution in [3.63, 3.8) is 0 Å². The van der Waals surface area contributed by atoms with Crippen molar-refractivity contribution in [1.29, 1.82) is 0 Å². The van der Waals surface area contributed by atoms with Crippen LogP contribution in [0.4, 0.5) is 4.79 Å². The van der Waals surface area contributed by atoms with Crippen LogP contribution in [0.1, 0.15) is 59.3 Å². The number of hydrogen-bond acceptors (Lipinski definition) is 10. The molecule has 0 spiro atoms. The van der Waals surface area contributed by atoms with Crippen LogP contribution in [-0.4, -0.2) is 86.0 Å². The van der Waals surface area contributed by atoms with Gasteiger partial charge in [0.2, 0.25) is 0 Å². The third-order valence-electron chi connectivity index (χ3n) is 7.20. The van der Waals surface area contributed by atoms with Crippen LogP contribution in [-0.2, 0) is 23.9 Å². The van der Waals surface area contributed by atoms with Gasteiger partial charge in [-0.25, -0.2) is 9.59 Å². The van der Waals surface area contributed by atoms with E-state index in [9.17, 15) is 39.6 Å². The number of carbonyl (C=O) groups is 4. The first-order valence-electron chi connectivity index (χ1n) is 15.0. The quantitative estimate of drug-likeness (QED) is 0.0539. The molecule has 1 rings (SSSR count). The Morgan fingerprint density at radius 3 is 2.28 bits per heavy atom. The van der Waals surface area contributed by atoms with Gasteiger partial charge in [0.15, 0.2) is 5.78 Å². The van der Waals surface area contributed by atoms with E-state index in [1.807, 2.05) is 6.92 Å². The molecule has 1 amide bonds. The molecule has 12 nitrogen and oxygen atoms in total. The van der Waals surface area contributed by atoms with E-state index in [1.54, 1.807) is 49.5 Å². The van der Waals surface area contributed by atoms with Crippen LogP contribution in [0.2, 0.25) is 0 Å². The van der Waals surface area contributed by atoms with Crippen molar-refractivity contribution in [1.82, 2.24) is 0 Å². The first-order chi connectivity index (χ1) is 21.7. The first-order valence-corrected chi connectivity index (χ1v) is 15.4. The van der Waals surface area contributed by atoms with Crippen LogP contribution in [0.25, 0.3) is 0 Å². The van der Waals surface area contributed by atoms with E-state index >= 15 is 0 Å². The molecule has 8 atom stereocenters. The fourth-order valence-electron chi connectivity index (χ4n) is 4.51.